The molecular weight excluding hydrogens is 214 g/mol. The van der Waals surface area contributed by atoms with Gasteiger partial charge in [0, 0.05) is 37.0 Å². The average molecular weight is 229 g/mol. The van der Waals surface area contributed by atoms with Gasteiger partial charge in [0.05, 0.1) is 5.69 Å². The largest absolute Gasteiger partial charge is 0.373 e. The molecule has 2 heterocycles. The first-order chi connectivity index (χ1) is 8.20. The number of anilines is 1. The Bertz CT molecular complexity index is 496. The van der Waals surface area contributed by atoms with Crippen molar-refractivity contribution in [1.29, 1.82) is 0 Å². The fraction of sp³-hybridized carbons (Fsp3) is 0.333. The van der Waals surface area contributed by atoms with Crippen LogP contribution < -0.4 is 5.32 Å². The molecule has 0 saturated carbocycles. The summed E-state index contributed by atoms with van der Waals surface area (Å²) in [5.41, 5.74) is 1.74. The highest BCUT2D eigenvalue weighted by Gasteiger charge is 2.09. The predicted octanol–water partition coefficient (Wildman–Crippen LogP) is 2.10. The Morgan fingerprint density at radius 2 is 1.82 bits per heavy atom. The number of nitrogens with one attached hydrogen (secondary N) is 1. The molecule has 5 heteroatoms. The van der Waals surface area contributed by atoms with Gasteiger partial charge in [-0.25, -0.2) is 19.9 Å². The van der Waals surface area contributed by atoms with Crippen LogP contribution in [0, 0.1) is 0 Å². The minimum absolute atomic E-state index is 0.284. The molecule has 0 amide bonds. The highest BCUT2D eigenvalue weighted by molar-refractivity contribution is 5.60. The zero-order valence-corrected chi connectivity index (χ0v) is 10.2. The van der Waals surface area contributed by atoms with Crippen molar-refractivity contribution >= 4 is 5.82 Å². The standard InChI is InChI=1S/C12H15N5/c1-8(2)12-16-10(4-11(13-3)17-12)9-5-14-7-15-6-9/h4-8H,1-3H3,(H,13,16,17). The Balaban J connectivity index is 2.50. The molecule has 2 rings (SSSR count). The van der Waals surface area contributed by atoms with Crippen LogP contribution in [0.1, 0.15) is 25.6 Å². The van der Waals surface area contributed by atoms with Gasteiger partial charge in [-0.15, -0.1) is 0 Å². The van der Waals surface area contributed by atoms with Crippen molar-refractivity contribution in [3.8, 4) is 11.3 Å². The van der Waals surface area contributed by atoms with Crippen molar-refractivity contribution < 1.29 is 0 Å². The molecule has 0 saturated heterocycles. The van der Waals surface area contributed by atoms with Crippen LogP contribution in [0.4, 0.5) is 5.82 Å². The van der Waals surface area contributed by atoms with Gasteiger partial charge in [0.1, 0.15) is 18.0 Å². The fourth-order valence-electron chi connectivity index (χ4n) is 1.43. The van der Waals surface area contributed by atoms with Gasteiger partial charge < -0.3 is 5.32 Å². The van der Waals surface area contributed by atoms with E-state index in [2.05, 4.69) is 39.1 Å². The highest BCUT2D eigenvalue weighted by Crippen LogP contribution is 2.20. The van der Waals surface area contributed by atoms with Crippen LogP contribution in [0.3, 0.4) is 0 Å². The van der Waals surface area contributed by atoms with Crippen LogP contribution in [0.25, 0.3) is 11.3 Å². The molecule has 0 spiro atoms. The quantitative estimate of drug-likeness (QED) is 0.873. The second-order valence-electron chi connectivity index (χ2n) is 4.03. The summed E-state index contributed by atoms with van der Waals surface area (Å²) in [6, 6.07) is 1.89. The minimum atomic E-state index is 0.284. The number of aromatic nitrogens is 4. The lowest BCUT2D eigenvalue weighted by Crippen LogP contribution is -2.03. The van der Waals surface area contributed by atoms with Crippen molar-refractivity contribution in [3.63, 3.8) is 0 Å². The molecule has 0 radical (unpaired) electrons. The molecule has 17 heavy (non-hydrogen) atoms. The predicted molar refractivity (Wildman–Crippen MR) is 66.7 cm³/mol. The van der Waals surface area contributed by atoms with E-state index in [0.717, 1.165) is 22.9 Å². The van der Waals surface area contributed by atoms with Crippen LogP contribution >= 0.6 is 0 Å². The summed E-state index contributed by atoms with van der Waals surface area (Å²) in [6.07, 6.45) is 5.00. The van der Waals surface area contributed by atoms with Crippen LogP contribution in [-0.4, -0.2) is 27.0 Å². The molecule has 0 bridgehead atoms. The third-order valence-corrected chi connectivity index (χ3v) is 2.37. The van der Waals surface area contributed by atoms with E-state index in [0.29, 0.717) is 0 Å². The maximum atomic E-state index is 4.52. The van der Waals surface area contributed by atoms with Gasteiger partial charge >= 0.3 is 0 Å². The van der Waals surface area contributed by atoms with Gasteiger partial charge in [-0.2, -0.15) is 0 Å². The molecular formula is C12H15N5. The van der Waals surface area contributed by atoms with Crippen molar-refractivity contribution in [2.45, 2.75) is 19.8 Å². The number of hydrogen-bond donors (Lipinski definition) is 1. The summed E-state index contributed by atoms with van der Waals surface area (Å²) in [4.78, 5) is 16.9. The first-order valence-corrected chi connectivity index (χ1v) is 5.53. The SMILES string of the molecule is CNc1cc(-c2cncnc2)nc(C(C)C)n1. The summed E-state index contributed by atoms with van der Waals surface area (Å²) in [6.45, 7) is 4.14. The summed E-state index contributed by atoms with van der Waals surface area (Å²) in [5.74, 6) is 1.91. The van der Waals surface area contributed by atoms with Gasteiger partial charge in [-0.3, -0.25) is 0 Å². The maximum Gasteiger partial charge on any atom is 0.133 e. The number of nitrogens with zero attached hydrogens (tertiary/aromatic N) is 4. The van der Waals surface area contributed by atoms with Gasteiger partial charge in [0.2, 0.25) is 0 Å². The molecule has 1 N–H and O–H groups in total. The van der Waals surface area contributed by atoms with Gasteiger partial charge in [0.25, 0.3) is 0 Å². The topological polar surface area (TPSA) is 63.6 Å². The summed E-state index contributed by atoms with van der Waals surface area (Å²) in [7, 11) is 1.84. The van der Waals surface area contributed by atoms with E-state index >= 15 is 0 Å². The van der Waals surface area contributed by atoms with Crippen molar-refractivity contribution in [2.24, 2.45) is 0 Å². The monoisotopic (exact) mass is 229 g/mol. The lowest BCUT2D eigenvalue weighted by molar-refractivity contribution is 0.777. The molecule has 0 aliphatic carbocycles. The lowest BCUT2D eigenvalue weighted by atomic mass is 10.2. The first kappa shape index (κ1) is 11.4. The van der Waals surface area contributed by atoms with Gasteiger partial charge in [-0.1, -0.05) is 13.8 Å². The summed E-state index contributed by atoms with van der Waals surface area (Å²) in [5, 5.41) is 3.04. The van der Waals surface area contributed by atoms with Crippen LogP contribution in [0.2, 0.25) is 0 Å². The Kier molecular flexibility index (Phi) is 3.27. The maximum absolute atomic E-state index is 4.52. The zero-order valence-electron chi connectivity index (χ0n) is 10.2. The average Bonchev–Trinajstić information content (AvgIpc) is 2.39. The third kappa shape index (κ3) is 2.55. The Labute approximate surface area is 100 Å². The van der Waals surface area contributed by atoms with Crippen LogP contribution in [0.15, 0.2) is 24.8 Å². The molecule has 0 aromatic carbocycles. The van der Waals surface area contributed by atoms with E-state index in [9.17, 15) is 0 Å². The second kappa shape index (κ2) is 4.86. The normalized spacial score (nSPS) is 10.6. The minimum Gasteiger partial charge on any atom is -0.373 e. The first-order valence-electron chi connectivity index (χ1n) is 5.53. The Morgan fingerprint density at radius 1 is 1.12 bits per heavy atom. The molecule has 0 fully saturated rings. The van der Waals surface area contributed by atoms with E-state index < -0.39 is 0 Å². The Morgan fingerprint density at radius 3 is 2.41 bits per heavy atom. The van der Waals surface area contributed by atoms with Crippen molar-refractivity contribution in [2.75, 3.05) is 12.4 Å². The molecule has 88 valence electrons. The molecule has 0 aliphatic rings. The zero-order chi connectivity index (χ0) is 12.3. The van der Waals surface area contributed by atoms with Crippen molar-refractivity contribution in [1.82, 2.24) is 19.9 Å². The van der Waals surface area contributed by atoms with E-state index in [1.807, 2.05) is 13.1 Å². The second-order valence-corrected chi connectivity index (χ2v) is 4.03. The van der Waals surface area contributed by atoms with Gasteiger partial charge in [-0.05, 0) is 0 Å². The van der Waals surface area contributed by atoms with E-state index in [4.69, 9.17) is 0 Å². The fourth-order valence-corrected chi connectivity index (χ4v) is 1.43. The molecule has 0 aliphatic heterocycles. The van der Waals surface area contributed by atoms with Gasteiger partial charge in [0.15, 0.2) is 0 Å². The van der Waals surface area contributed by atoms with E-state index in [-0.39, 0.29) is 5.92 Å². The summed E-state index contributed by atoms with van der Waals surface area (Å²) >= 11 is 0. The molecule has 0 unspecified atom stereocenters. The number of hydrogen-bond acceptors (Lipinski definition) is 5. The molecule has 0 atom stereocenters. The molecule has 2 aromatic rings. The third-order valence-electron chi connectivity index (χ3n) is 2.37. The number of rotatable bonds is 3. The van der Waals surface area contributed by atoms with Crippen LogP contribution in [0.5, 0.6) is 0 Å². The Hall–Kier alpha value is -2.04. The highest BCUT2D eigenvalue weighted by atomic mass is 15.0. The smallest absolute Gasteiger partial charge is 0.133 e. The van der Waals surface area contributed by atoms with Crippen molar-refractivity contribution in [3.05, 3.63) is 30.6 Å². The van der Waals surface area contributed by atoms with Crippen LogP contribution in [-0.2, 0) is 0 Å². The van der Waals surface area contributed by atoms with E-state index in [1.165, 1.54) is 6.33 Å². The molecule has 2 aromatic heterocycles. The lowest BCUT2D eigenvalue weighted by Gasteiger charge is -2.09. The van der Waals surface area contributed by atoms with E-state index in [1.54, 1.807) is 12.4 Å². The summed E-state index contributed by atoms with van der Waals surface area (Å²) < 4.78 is 0. The molecule has 5 nitrogen and oxygen atoms in total.